The predicted molar refractivity (Wildman–Crippen MR) is 66.4 cm³/mol. The van der Waals surface area contributed by atoms with Crippen LogP contribution in [-0.2, 0) is 6.54 Å². The van der Waals surface area contributed by atoms with Gasteiger partial charge in [0.05, 0.1) is 6.54 Å². The number of imidazole rings is 1. The van der Waals surface area contributed by atoms with Gasteiger partial charge in [-0.15, -0.1) is 0 Å². The van der Waals surface area contributed by atoms with E-state index >= 15 is 0 Å². The quantitative estimate of drug-likeness (QED) is 0.905. The highest BCUT2D eigenvalue weighted by molar-refractivity contribution is 5.29. The van der Waals surface area contributed by atoms with E-state index in [0.29, 0.717) is 12.1 Å². The molecule has 2 rings (SSSR count). The maximum atomic E-state index is 13.1. The summed E-state index contributed by atoms with van der Waals surface area (Å²) in [7, 11) is 0. The Kier molecular flexibility index (Phi) is 3.60. The highest BCUT2D eigenvalue weighted by Crippen LogP contribution is 2.13. The van der Waals surface area contributed by atoms with Crippen LogP contribution in [0, 0.1) is 11.6 Å². The van der Waals surface area contributed by atoms with Gasteiger partial charge in [0.1, 0.15) is 0 Å². The summed E-state index contributed by atoms with van der Waals surface area (Å²) >= 11 is 0. The first-order chi connectivity index (χ1) is 8.56. The third-order valence-corrected chi connectivity index (χ3v) is 2.47. The topological polar surface area (TPSA) is 29.9 Å². The molecule has 3 nitrogen and oxygen atoms in total. The molecule has 0 unspecified atom stereocenters. The zero-order valence-corrected chi connectivity index (χ0v) is 10.3. The summed E-state index contributed by atoms with van der Waals surface area (Å²) in [6.07, 6.45) is 3.47. The molecule has 1 aromatic carbocycles. The smallest absolute Gasteiger partial charge is 0.203 e. The van der Waals surface area contributed by atoms with Crippen LogP contribution >= 0.6 is 0 Å². The van der Waals surface area contributed by atoms with Crippen LogP contribution in [0.1, 0.15) is 19.4 Å². The SMILES string of the molecule is CC(C)Nc1nccn1Cc1ccc(F)c(F)c1. The molecule has 96 valence electrons. The van der Waals surface area contributed by atoms with Gasteiger partial charge < -0.3 is 9.88 Å². The van der Waals surface area contributed by atoms with Gasteiger partial charge in [-0.05, 0) is 31.5 Å². The number of aromatic nitrogens is 2. The molecule has 0 bridgehead atoms. The van der Waals surface area contributed by atoms with Crippen LogP contribution in [0.15, 0.2) is 30.6 Å². The van der Waals surface area contributed by atoms with Crippen LogP contribution in [0.5, 0.6) is 0 Å². The monoisotopic (exact) mass is 251 g/mol. The van der Waals surface area contributed by atoms with Gasteiger partial charge in [-0.25, -0.2) is 13.8 Å². The van der Waals surface area contributed by atoms with Crippen LogP contribution in [-0.4, -0.2) is 15.6 Å². The van der Waals surface area contributed by atoms with Crippen molar-refractivity contribution >= 4 is 5.95 Å². The van der Waals surface area contributed by atoms with Gasteiger partial charge in [-0.2, -0.15) is 0 Å². The molecular formula is C13H15F2N3. The number of rotatable bonds is 4. The van der Waals surface area contributed by atoms with Crippen LogP contribution in [0.3, 0.4) is 0 Å². The Morgan fingerprint density at radius 1 is 1.28 bits per heavy atom. The first kappa shape index (κ1) is 12.5. The van der Waals surface area contributed by atoms with Crippen molar-refractivity contribution in [2.45, 2.75) is 26.4 Å². The van der Waals surface area contributed by atoms with Gasteiger partial charge in [-0.3, -0.25) is 0 Å². The second-order valence-corrected chi connectivity index (χ2v) is 4.43. The number of benzene rings is 1. The second-order valence-electron chi connectivity index (χ2n) is 4.43. The molecular weight excluding hydrogens is 236 g/mol. The molecule has 0 atom stereocenters. The van der Waals surface area contributed by atoms with Gasteiger partial charge in [0, 0.05) is 18.4 Å². The van der Waals surface area contributed by atoms with Gasteiger partial charge in [-0.1, -0.05) is 6.07 Å². The molecule has 0 aliphatic heterocycles. The summed E-state index contributed by atoms with van der Waals surface area (Å²) in [6, 6.07) is 4.17. The van der Waals surface area contributed by atoms with E-state index in [0.717, 1.165) is 12.0 Å². The summed E-state index contributed by atoms with van der Waals surface area (Å²) in [5.41, 5.74) is 0.693. The average Bonchev–Trinajstić information content (AvgIpc) is 2.70. The molecule has 0 aliphatic carbocycles. The molecule has 2 aromatic rings. The van der Waals surface area contributed by atoms with Crippen LogP contribution in [0.2, 0.25) is 0 Å². The Balaban J connectivity index is 2.18. The summed E-state index contributed by atoms with van der Waals surface area (Å²) < 4.78 is 27.8. The van der Waals surface area contributed by atoms with Crippen molar-refractivity contribution in [2.24, 2.45) is 0 Å². The lowest BCUT2D eigenvalue weighted by Gasteiger charge is -2.12. The van der Waals surface area contributed by atoms with Crippen molar-refractivity contribution in [1.82, 2.24) is 9.55 Å². The fourth-order valence-electron chi connectivity index (χ4n) is 1.67. The molecule has 0 radical (unpaired) electrons. The molecule has 0 saturated heterocycles. The summed E-state index contributed by atoms with van der Waals surface area (Å²) in [4.78, 5) is 4.18. The predicted octanol–water partition coefficient (Wildman–Crippen LogP) is 3.03. The van der Waals surface area contributed by atoms with Gasteiger partial charge in [0.15, 0.2) is 11.6 Å². The number of anilines is 1. The Labute approximate surface area is 104 Å². The highest BCUT2D eigenvalue weighted by Gasteiger charge is 2.07. The summed E-state index contributed by atoms with van der Waals surface area (Å²) in [5, 5.41) is 3.18. The molecule has 1 heterocycles. The third kappa shape index (κ3) is 2.85. The zero-order valence-electron chi connectivity index (χ0n) is 10.3. The lowest BCUT2D eigenvalue weighted by Crippen LogP contribution is -2.15. The number of hydrogen-bond acceptors (Lipinski definition) is 2. The average molecular weight is 251 g/mol. The Morgan fingerprint density at radius 3 is 2.72 bits per heavy atom. The zero-order chi connectivity index (χ0) is 13.1. The molecule has 18 heavy (non-hydrogen) atoms. The van der Waals surface area contributed by atoms with Crippen LogP contribution < -0.4 is 5.32 Å². The van der Waals surface area contributed by atoms with Crippen molar-refractivity contribution in [3.63, 3.8) is 0 Å². The minimum absolute atomic E-state index is 0.260. The van der Waals surface area contributed by atoms with E-state index in [4.69, 9.17) is 0 Å². The molecule has 1 aromatic heterocycles. The molecule has 0 aliphatic rings. The Morgan fingerprint density at radius 2 is 2.06 bits per heavy atom. The summed E-state index contributed by atoms with van der Waals surface area (Å²) in [6.45, 7) is 4.47. The van der Waals surface area contributed by atoms with Crippen molar-refractivity contribution in [3.8, 4) is 0 Å². The second kappa shape index (κ2) is 5.16. The van der Waals surface area contributed by atoms with Crippen molar-refractivity contribution in [1.29, 1.82) is 0 Å². The molecule has 1 N–H and O–H groups in total. The van der Waals surface area contributed by atoms with Gasteiger partial charge in [0.25, 0.3) is 0 Å². The first-order valence-corrected chi connectivity index (χ1v) is 5.78. The maximum Gasteiger partial charge on any atom is 0.203 e. The van der Waals surface area contributed by atoms with E-state index in [9.17, 15) is 8.78 Å². The van der Waals surface area contributed by atoms with Crippen LogP contribution in [0.25, 0.3) is 0 Å². The normalized spacial score (nSPS) is 10.9. The number of nitrogens with zero attached hydrogens (tertiary/aromatic N) is 2. The fourth-order valence-corrected chi connectivity index (χ4v) is 1.67. The van der Waals surface area contributed by atoms with E-state index in [1.165, 1.54) is 6.07 Å². The lowest BCUT2D eigenvalue weighted by molar-refractivity contribution is 0.506. The molecule has 0 saturated carbocycles. The number of hydrogen-bond donors (Lipinski definition) is 1. The lowest BCUT2D eigenvalue weighted by atomic mass is 10.2. The van der Waals surface area contributed by atoms with Crippen LogP contribution in [0.4, 0.5) is 14.7 Å². The van der Waals surface area contributed by atoms with Gasteiger partial charge in [0.2, 0.25) is 5.95 Å². The first-order valence-electron chi connectivity index (χ1n) is 5.78. The Hall–Kier alpha value is -1.91. The third-order valence-electron chi connectivity index (χ3n) is 2.47. The molecule has 0 fully saturated rings. The van der Waals surface area contributed by atoms with E-state index in [1.54, 1.807) is 18.5 Å². The number of halogens is 2. The molecule has 5 heteroatoms. The fraction of sp³-hybridized carbons (Fsp3) is 0.308. The molecule has 0 amide bonds. The number of nitrogens with one attached hydrogen (secondary N) is 1. The maximum absolute atomic E-state index is 13.1. The van der Waals surface area contributed by atoms with E-state index in [2.05, 4.69) is 10.3 Å². The standard InChI is InChI=1S/C13H15F2N3/c1-9(2)17-13-16-5-6-18(13)8-10-3-4-11(14)12(15)7-10/h3-7,9H,8H2,1-2H3,(H,16,17). The van der Waals surface area contributed by atoms with Crippen molar-refractivity contribution < 1.29 is 8.78 Å². The van der Waals surface area contributed by atoms with Crippen molar-refractivity contribution in [3.05, 3.63) is 47.8 Å². The van der Waals surface area contributed by atoms with E-state index < -0.39 is 11.6 Å². The minimum atomic E-state index is -0.829. The minimum Gasteiger partial charge on any atom is -0.353 e. The molecule has 0 spiro atoms. The van der Waals surface area contributed by atoms with Gasteiger partial charge >= 0.3 is 0 Å². The van der Waals surface area contributed by atoms with E-state index in [1.807, 2.05) is 18.4 Å². The summed E-state index contributed by atoms with van der Waals surface area (Å²) in [5.74, 6) is -0.939. The highest BCUT2D eigenvalue weighted by atomic mass is 19.2. The Bertz CT molecular complexity index is 535. The van der Waals surface area contributed by atoms with E-state index in [-0.39, 0.29) is 6.04 Å². The largest absolute Gasteiger partial charge is 0.353 e. The van der Waals surface area contributed by atoms with Crippen molar-refractivity contribution in [2.75, 3.05) is 5.32 Å².